The summed E-state index contributed by atoms with van der Waals surface area (Å²) in [7, 11) is 0. The van der Waals surface area contributed by atoms with E-state index >= 15 is 0 Å². The Morgan fingerprint density at radius 3 is 2.69 bits per heavy atom. The summed E-state index contributed by atoms with van der Waals surface area (Å²) in [5.41, 5.74) is 1.54. The van der Waals surface area contributed by atoms with Crippen molar-refractivity contribution in [3.8, 4) is 0 Å². The molecule has 0 radical (unpaired) electrons. The van der Waals surface area contributed by atoms with Crippen molar-refractivity contribution in [1.82, 2.24) is 5.32 Å². The van der Waals surface area contributed by atoms with Gasteiger partial charge in [-0.05, 0) is 44.1 Å². The Hall–Kier alpha value is -0.310. The summed E-state index contributed by atoms with van der Waals surface area (Å²) in [5.74, 6) is 0. The Kier molecular flexibility index (Phi) is 3.04. The summed E-state index contributed by atoms with van der Waals surface area (Å²) in [4.78, 5) is 1.28. The average molecular weight is 214 g/mol. The van der Waals surface area contributed by atoms with E-state index in [-0.39, 0.29) is 0 Å². The zero-order valence-corrected chi connectivity index (χ0v) is 8.92. The molecule has 1 aromatic rings. The first kappa shape index (κ1) is 9.25. The largest absolute Gasteiger partial charge is 0.316 e. The normalized spacial score (nSPS) is 17.5. The van der Waals surface area contributed by atoms with Gasteiger partial charge in [-0.3, -0.25) is 0 Å². The van der Waals surface area contributed by atoms with Crippen LogP contribution in [0, 0.1) is 0 Å². The van der Waals surface area contributed by atoms with E-state index in [2.05, 4.69) is 17.5 Å². The van der Waals surface area contributed by atoms with Crippen molar-refractivity contribution in [1.29, 1.82) is 0 Å². The summed E-state index contributed by atoms with van der Waals surface area (Å²) in [6.07, 6.45) is 4.63. The van der Waals surface area contributed by atoms with Crippen molar-refractivity contribution < 1.29 is 0 Å². The quantitative estimate of drug-likeness (QED) is 0.756. The van der Waals surface area contributed by atoms with Gasteiger partial charge in [-0.25, -0.2) is 0 Å². The Morgan fingerprint density at radius 1 is 1.31 bits per heavy atom. The van der Waals surface area contributed by atoms with Crippen LogP contribution in [-0.2, 0) is 0 Å². The molecule has 1 aliphatic rings. The number of hydrogen-bond donors (Lipinski definition) is 1. The molecule has 1 aliphatic heterocycles. The number of hydrogen-bond acceptors (Lipinski definition) is 2. The van der Waals surface area contributed by atoms with E-state index < -0.39 is 0 Å². The molecule has 3 heteroatoms. The molecule has 1 fully saturated rings. The maximum atomic E-state index is 5.86. The maximum Gasteiger partial charge on any atom is 0.0934 e. The smallest absolute Gasteiger partial charge is 0.0934 e. The van der Waals surface area contributed by atoms with E-state index in [0.29, 0.717) is 0 Å². The molecule has 2 rings (SSSR count). The van der Waals surface area contributed by atoms with Crippen LogP contribution in [0.2, 0.25) is 4.34 Å². The van der Waals surface area contributed by atoms with E-state index in [1.54, 1.807) is 11.3 Å². The standard InChI is InChI=1S/C10H12ClNS/c11-10-2-1-9(13-10)7-8-3-5-12-6-4-8/h1-2,7,12H,3-6H2. The van der Waals surface area contributed by atoms with Gasteiger partial charge in [0, 0.05) is 4.88 Å². The lowest BCUT2D eigenvalue weighted by atomic mass is 10.1. The fourth-order valence-electron chi connectivity index (χ4n) is 1.50. The molecule has 0 amide bonds. The fraction of sp³-hybridized carbons (Fsp3) is 0.400. The molecule has 0 bridgehead atoms. The van der Waals surface area contributed by atoms with Crippen LogP contribution in [0.15, 0.2) is 17.7 Å². The number of rotatable bonds is 1. The fourth-order valence-corrected chi connectivity index (χ4v) is 2.55. The van der Waals surface area contributed by atoms with Crippen LogP contribution >= 0.6 is 22.9 Å². The average Bonchev–Trinajstić information content (AvgIpc) is 2.53. The van der Waals surface area contributed by atoms with Crippen molar-refractivity contribution >= 4 is 29.0 Å². The number of nitrogens with one attached hydrogen (secondary N) is 1. The Morgan fingerprint density at radius 2 is 2.08 bits per heavy atom. The van der Waals surface area contributed by atoms with Gasteiger partial charge < -0.3 is 5.32 Å². The monoisotopic (exact) mass is 213 g/mol. The van der Waals surface area contributed by atoms with Gasteiger partial charge in [0.15, 0.2) is 0 Å². The van der Waals surface area contributed by atoms with E-state index in [1.165, 1.54) is 23.3 Å². The molecule has 0 saturated carbocycles. The minimum Gasteiger partial charge on any atom is -0.316 e. The third kappa shape index (κ3) is 2.56. The van der Waals surface area contributed by atoms with Crippen molar-refractivity contribution in [3.63, 3.8) is 0 Å². The molecule has 1 N–H and O–H groups in total. The first-order valence-corrected chi connectivity index (χ1v) is 5.69. The van der Waals surface area contributed by atoms with Gasteiger partial charge in [0.2, 0.25) is 0 Å². The number of piperidine rings is 1. The molecule has 1 aromatic heterocycles. The van der Waals surface area contributed by atoms with Crippen LogP contribution in [0.4, 0.5) is 0 Å². The summed E-state index contributed by atoms with van der Waals surface area (Å²) in [6.45, 7) is 2.23. The summed E-state index contributed by atoms with van der Waals surface area (Å²) < 4.78 is 0.876. The highest BCUT2D eigenvalue weighted by molar-refractivity contribution is 7.17. The van der Waals surface area contributed by atoms with E-state index in [9.17, 15) is 0 Å². The minimum absolute atomic E-state index is 0.876. The van der Waals surface area contributed by atoms with Gasteiger partial charge in [-0.1, -0.05) is 17.2 Å². The van der Waals surface area contributed by atoms with Crippen LogP contribution in [0.5, 0.6) is 0 Å². The van der Waals surface area contributed by atoms with Gasteiger partial charge in [0.25, 0.3) is 0 Å². The SMILES string of the molecule is Clc1ccc(C=C2CCNCC2)s1. The van der Waals surface area contributed by atoms with Crippen molar-refractivity contribution in [2.75, 3.05) is 13.1 Å². The molecule has 2 heterocycles. The summed E-state index contributed by atoms with van der Waals surface area (Å²) in [6, 6.07) is 4.04. The highest BCUT2D eigenvalue weighted by atomic mass is 35.5. The first-order valence-electron chi connectivity index (χ1n) is 4.50. The molecular formula is C10H12ClNS. The van der Waals surface area contributed by atoms with Gasteiger partial charge in [0.1, 0.15) is 0 Å². The highest BCUT2D eigenvalue weighted by Crippen LogP contribution is 2.25. The molecule has 13 heavy (non-hydrogen) atoms. The van der Waals surface area contributed by atoms with Crippen LogP contribution < -0.4 is 5.32 Å². The number of halogens is 1. The molecule has 1 saturated heterocycles. The highest BCUT2D eigenvalue weighted by Gasteiger charge is 2.04. The lowest BCUT2D eigenvalue weighted by molar-refractivity contribution is 0.613. The lowest BCUT2D eigenvalue weighted by Crippen LogP contribution is -2.22. The Labute approximate surface area is 87.4 Å². The minimum atomic E-state index is 0.876. The molecule has 0 atom stereocenters. The molecule has 70 valence electrons. The molecular weight excluding hydrogens is 202 g/mol. The third-order valence-electron chi connectivity index (χ3n) is 2.19. The van der Waals surface area contributed by atoms with E-state index in [4.69, 9.17) is 11.6 Å². The lowest BCUT2D eigenvalue weighted by Gasteiger charge is -2.14. The van der Waals surface area contributed by atoms with Gasteiger partial charge in [-0.15, -0.1) is 11.3 Å². The zero-order chi connectivity index (χ0) is 9.10. The summed E-state index contributed by atoms with van der Waals surface area (Å²) in [5, 5.41) is 3.34. The topological polar surface area (TPSA) is 12.0 Å². The molecule has 0 spiro atoms. The first-order chi connectivity index (χ1) is 6.34. The summed E-state index contributed by atoms with van der Waals surface area (Å²) >= 11 is 7.51. The van der Waals surface area contributed by atoms with E-state index in [1.807, 2.05) is 6.07 Å². The van der Waals surface area contributed by atoms with Crippen LogP contribution in [0.25, 0.3) is 6.08 Å². The van der Waals surface area contributed by atoms with Crippen molar-refractivity contribution in [3.05, 3.63) is 26.9 Å². The third-order valence-corrected chi connectivity index (χ3v) is 3.36. The molecule has 0 unspecified atom stereocenters. The number of thiophene rings is 1. The van der Waals surface area contributed by atoms with Crippen LogP contribution in [0.3, 0.4) is 0 Å². The van der Waals surface area contributed by atoms with Crippen molar-refractivity contribution in [2.45, 2.75) is 12.8 Å². The maximum absolute atomic E-state index is 5.86. The van der Waals surface area contributed by atoms with Crippen molar-refractivity contribution in [2.24, 2.45) is 0 Å². The predicted molar refractivity (Wildman–Crippen MR) is 59.4 cm³/mol. The van der Waals surface area contributed by atoms with E-state index in [0.717, 1.165) is 17.4 Å². The molecule has 0 aromatic carbocycles. The Bertz CT molecular complexity index is 308. The molecule has 1 nitrogen and oxygen atoms in total. The second-order valence-corrected chi connectivity index (χ2v) is 4.94. The Balaban J connectivity index is 2.09. The zero-order valence-electron chi connectivity index (χ0n) is 7.35. The van der Waals surface area contributed by atoms with Crippen LogP contribution in [-0.4, -0.2) is 13.1 Å². The second kappa shape index (κ2) is 4.27. The second-order valence-electron chi connectivity index (χ2n) is 3.19. The molecule has 0 aliphatic carbocycles. The predicted octanol–water partition coefficient (Wildman–Crippen LogP) is 3.17. The van der Waals surface area contributed by atoms with Gasteiger partial charge in [-0.2, -0.15) is 0 Å². The van der Waals surface area contributed by atoms with Gasteiger partial charge in [0.05, 0.1) is 4.34 Å². The van der Waals surface area contributed by atoms with Crippen LogP contribution in [0.1, 0.15) is 17.7 Å². The van der Waals surface area contributed by atoms with Gasteiger partial charge >= 0.3 is 0 Å².